The summed E-state index contributed by atoms with van der Waals surface area (Å²) in [7, 11) is -2.83. The average molecular weight is 315 g/mol. The van der Waals surface area contributed by atoms with Crippen LogP contribution in [0.5, 0.6) is 0 Å². The van der Waals surface area contributed by atoms with Crippen molar-refractivity contribution < 1.29 is 17.9 Å². The number of rotatable bonds is 7. The summed E-state index contributed by atoms with van der Waals surface area (Å²) in [4.78, 5) is 2.08. The summed E-state index contributed by atoms with van der Waals surface area (Å²) in [6, 6.07) is 6.32. The summed E-state index contributed by atoms with van der Waals surface area (Å²) in [5, 5.41) is 9.14. The molecule has 0 bridgehead atoms. The first-order valence-electron chi connectivity index (χ1n) is 7.26. The van der Waals surface area contributed by atoms with Crippen molar-refractivity contribution >= 4 is 9.84 Å². The SMILES string of the molecule is O=S1(=O)CC[C@H](CCN(CCO)Cc2ccc(F)cc2)C1. The molecule has 0 aromatic heterocycles. The van der Waals surface area contributed by atoms with Gasteiger partial charge >= 0.3 is 0 Å². The van der Waals surface area contributed by atoms with E-state index >= 15 is 0 Å². The standard InChI is InChI=1S/C15H22FNO3S/c16-15-3-1-13(2-4-15)11-17(8-9-18)7-5-14-6-10-21(19,20)12-14/h1-4,14,18H,5-12H2/t14-/m0/s1. The van der Waals surface area contributed by atoms with Gasteiger partial charge in [0.15, 0.2) is 9.84 Å². The van der Waals surface area contributed by atoms with Gasteiger partial charge in [-0.05, 0) is 43.0 Å². The Labute approximate surface area is 125 Å². The monoisotopic (exact) mass is 315 g/mol. The quantitative estimate of drug-likeness (QED) is 0.827. The predicted octanol–water partition coefficient (Wildman–Crippen LogP) is 1.44. The lowest BCUT2D eigenvalue weighted by Crippen LogP contribution is -2.29. The van der Waals surface area contributed by atoms with Crippen molar-refractivity contribution in [1.82, 2.24) is 4.90 Å². The van der Waals surface area contributed by atoms with Crippen LogP contribution in [0.4, 0.5) is 4.39 Å². The summed E-state index contributed by atoms with van der Waals surface area (Å²) >= 11 is 0. The number of benzene rings is 1. The Kier molecular flexibility index (Phi) is 5.72. The molecule has 1 aliphatic heterocycles. The third-order valence-corrected chi connectivity index (χ3v) is 5.75. The molecule has 0 saturated carbocycles. The molecule has 1 aromatic carbocycles. The smallest absolute Gasteiger partial charge is 0.150 e. The van der Waals surface area contributed by atoms with Crippen molar-refractivity contribution in [2.75, 3.05) is 31.2 Å². The highest BCUT2D eigenvalue weighted by Gasteiger charge is 2.27. The van der Waals surface area contributed by atoms with E-state index in [9.17, 15) is 12.8 Å². The summed E-state index contributed by atoms with van der Waals surface area (Å²) in [6.07, 6.45) is 1.56. The van der Waals surface area contributed by atoms with Gasteiger partial charge in [-0.1, -0.05) is 12.1 Å². The lowest BCUT2D eigenvalue weighted by Gasteiger charge is -2.22. The van der Waals surface area contributed by atoms with Crippen LogP contribution < -0.4 is 0 Å². The van der Waals surface area contributed by atoms with Crippen LogP contribution in [0, 0.1) is 11.7 Å². The molecule has 1 atom stereocenters. The lowest BCUT2D eigenvalue weighted by atomic mass is 10.0. The number of hydrogen-bond acceptors (Lipinski definition) is 4. The molecule has 0 aliphatic carbocycles. The molecule has 0 spiro atoms. The maximum atomic E-state index is 12.9. The minimum absolute atomic E-state index is 0.0597. The van der Waals surface area contributed by atoms with Gasteiger partial charge in [0.1, 0.15) is 5.82 Å². The molecule has 1 heterocycles. The fourth-order valence-electron chi connectivity index (χ4n) is 2.72. The van der Waals surface area contributed by atoms with Gasteiger partial charge in [-0.2, -0.15) is 0 Å². The van der Waals surface area contributed by atoms with E-state index in [1.165, 1.54) is 12.1 Å². The van der Waals surface area contributed by atoms with Gasteiger partial charge in [0.25, 0.3) is 0 Å². The molecule has 0 amide bonds. The first-order chi connectivity index (χ1) is 9.98. The topological polar surface area (TPSA) is 57.6 Å². The van der Waals surface area contributed by atoms with Crippen LogP contribution in [0.1, 0.15) is 18.4 Å². The fraction of sp³-hybridized carbons (Fsp3) is 0.600. The summed E-state index contributed by atoms with van der Waals surface area (Å²) in [5.41, 5.74) is 0.990. The number of aliphatic hydroxyl groups excluding tert-OH is 1. The molecule has 21 heavy (non-hydrogen) atoms. The Morgan fingerprint density at radius 2 is 1.95 bits per heavy atom. The second-order valence-corrected chi connectivity index (χ2v) is 7.91. The van der Waals surface area contributed by atoms with Crippen LogP contribution in [-0.2, 0) is 16.4 Å². The molecule has 1 N–H and O–H groups in total. The molecular formula is C15H22FNO3S. The molecule has 1 fully saturated rings. The second kappa shape index (κ2) is 7.33. The Hall–Kier alpha value is -0.980. The van der Waals surface area contributed by atoms with E-state index in [1.807, 2.05) is 0 Å². The first kappa shape index (κ1) is 16.4. The Morgan fingerprint density at radius 3 is 2.52 bits per heavy atom. The molecule has 118 valence electrons. The molecule has 0 unspecified atom stereocenters. The minimum atomic E-state index is -2.83. The van der Waals surface area contributed by atoms with Crippen molar-refractivity contribution in [3.05, 3.63) is 35.6 Å². The third kappa shape index (κ3) is 5.37. The number of halogens is 1. The lowest BCUT2D eigenvalue weighted by molar-refractivity contribution is 0.182. The van der Waals surface area contributed by atoms with Crippen LogP contribution in [-0.4, -0.2) is 49.6 Å². The number of aliphatic hydroxyl groups is 1. The molecule has 1 aromatic rings. The van der Waals surface area contributed by atoms with Crippen molar-refractivity contribution in [1.29, 1.82) is 0 Å². The molecule has 2 rings (SSSR count). The van der Waals surface area contributed by atoms with E-state index < -0.39 is 9.84 Å². The van der Waals surface area contributed by atoms with E-state index in [-0.39, 0.29) is 24.1 Å². The summed E-state index contributed by atoms with van der Waals surface area (Å²) in [5.74, 6) is 0.555. The minimum Gasteiger partial charge on any atom is -0.395 e. The number of nitrogens with zero attached hydrogens (tertiary/aromatic N) is 1. The number of hydrogen-bond donors (Lipinski definition) is 1. The molecule has 0 radical (unpaired) electrons. The highest BCUT2D eigenvalue weighted by atomic mass is 32.2. The summed E-state index contributed by atoms with van der Waals surface area (Å²) in [6.45, 7) is 1.99. The fourth-order valence-corrected chi connectivity index (χ4v) is 4.63. The van der Waals surface area contributed by atoms with Crippen molar-refractivity contribution in [3.63, 3.8) is 0 Å². The van der Waals surface area contributed by atoms with Gasteiger partial charge in [-0.3, -0.25) is 4.90 Å². The van der Waals surface area contributed by atoms with Gasteiger partial charge in [0.2, 0.25) is 0 Å². The second-order valence-electron chi connectivity index (χ2n) is 5.68. The molecular weight excluding hydrogens is 293 g/mol. The van der Waals surface area contributed by atoms with Crippen LogP contribution in [0.2, 0.25) is 0 Å². The van der Waals surface area contributed by atoms with Crippen LogP contribution in [0.15, 0.2) is 24.3 Å². The van der Waals surface area contributed by atoms with Gasteiger partial charge in [0, 0.05) is 13.1 Å². The van der Waals surface area contributed by atoms with E-state index in [0.717, 1.165) is 24.9 Å². The van der Waals surface area contributed by atoms with Crippen LogP contribution in [0.25, 0.3) is 0 Å². The van der Waals surface area contributed by atoms with Gasteiger partial charge in [-0.25, -0.2) is 12.8 Å². The zero-order valence-electron chi connectivity index (χ0n) is 12.0. The van der Waals surface area contributed by atoms with E-state index in [1.54, 1.807) is 12.1 Å². The van der Waals surface area contributed by atoms with Crippen LogP contribution >= 0.6 is 0 Å². The van der Waals surface area contributed by atoms with Crippen molar-refractivity contribution in [2.24, 2.45) is 5.92 Å². The average Bonchev–Trinajstić information content (AvgIpc) is 2.78. The van der Waals surface area contributed by atoms with Crippen molar-refractivity contribution in [2.45, 2.75) is 19.4 Å². The molecule has 4 nitrogen and oxygen atoms in total. The third-order valence-electron chi connectivity index (χ3n) is 3.92. The van der Waals surface area contributed by atoms with Crippen LogP contribution in [0.3, 0.4) is 0 Å². The Morgan fingerprint density at radius 1 is 1.24 bits per heavy atom. The number of sulfone groups is 1. The van der Waals surface area contributed by atoms with E-state index in [4.69, 9.17) is 5.11 Å². The predicted molar refractivity (Wildman–Crippen MR) is 80.1 cm³/mol. The maximum Gasteiger partial charge on any atom is 0.150 e. The Balaban J connectivity index is 1.85. The van der Waals surface area contributed by atoms with E-state index in [0.29, 0.717) is 18.8 Å². The molecule has 1 aliphatic rings. The zero-order chi connectivity index (χ0) is 15.3. The largest absolute Gasteiger partial charge is 0.395 e. The summed E-state index contributed by atoms with van der Waals surface area (Å²) < 4.78 is 35.8. The van der Waals surface area contributed by atoms with Gasteiger partial charge in [-0.15, -0.1) is 0 Å². The normalized spacial score (nSPS) is 21.0. The molecule has 6 heteroatoms. The zero-order valence-corrected chi connectivity index (χ0v) is 12.9. The highest BCUT2D eigenvalue weighted by Crippen LogP contribution is 2.22. The van der Waals surface area contributed by atoms with Crippen molar-refractivity contribution in [3.8, 4) is 0 Å². The highest BCUT2D eigenvalue weighted by molar-refractivity contribution is 7.91. The maximum absolute atomic E-state index is 12.9. The Bertz CT molecular complexity index is 545. The van der Waals surface area contributed by atoms with Gasteiger partial charge in [0.05, 0.1) is 18.1 Å². The first-order valence-corrected chi connectivity index (χ1v) is 9.09. The van der Waals surface area contributed by atoms with E-state index in [2.05, 4.69) is 4.90 Å². The van der Waals surface area contributed by atoms with Gasteiger partial charge < -0.3 is 5.11 Å². The molecule has 1 saturated heterocycles.